The van der Waals surface area contributed by atoms with Gasteiger partial charge < -0.3 is 20.5 Å². The van der Waals surface area contributed by atoms with Crippen LogP contribution in [0.2, 0.25) is 0 Å². The van der Waals surface area contributed by atoms with E-state index in [9.17, 15) is 4.79 Å². The highest BCUT2D eigenvalue weighted by molar-refractivity contribution is 5.77. The second kappa shape index (κ2) is 9.39. The molecule has 0 atom stereocenters. The Morgan fingerprint density at radius 1 is 1.29 bits per heavy atom. The lowest BCUT2D eigenvalue weighted by Crippen LogP contribution is -2.38. The van der Waals surface area contributed by atoms with Crippen molar-refractivity contribution in [1.29, 1.82) is 0 Å². The number of hydrogen-bond donors (Lipinski definition) is 3. The van der Waals surface area contributed by atoms with Gasteiger partial charge in [-0.15, -0.1) is 0 Å². The van der Waals surface area contributed by atoms with Crippen molar-refractivity contribution in [3.63, 3.8) is 0 Å². The molecule has 1 fully saturated rings. The third-order valence-corrected chi connectivity index (χ3v) is 2.93. The van der Waals surface area contributed by atoms with Gasteiger partial charge in [0.25, 0.3) is 0 Å². The average Bonchev–Trinajstić information content (AvgIpc) is 2.84. The number of aliphatic hydroxyl groups is 1. The number of carbonyl (C=O) groups excluding carboxylic acids is 1. The summed E-state index contributed by atoms with van der Waals surface area (Å²) in [5.41, 5.74) is 0. The maximum absolute atomic E-state index is 11.4. The Morgan fingerprint density at radius 2 is 2.06 bits per heavy atom. The average molecular weight is 244 g/mol. The van der Waals surface area contributed by atoms with Crippen LogP contribution in [0.4, 0.5) is 0 Å². The van der Waals surface area contributed by atoms with E-state index in [4.69, 9.17) is 9.84 Å². The summed E-state index contributed by atoms with van der Waals surface area (Å²) in [4.78, 5) is 11.4. The number of rotatable bonds is 9. The molecular weight excluding hydrogens is 220 g/mol. The summed E-state index contributed by atoms with van der Waals surface area (Å²) in [5.74, 6) is 0.0547. The normalized spacial score (nSPS) is 16.3. The van der Waals surface area contributed by atoms with Crippen LogP contribution in [0.5, 0.6) is 0 Å². The molecule has 1 saturated carbocycles. The first kappa shape index (κ1) is 14.4. The molecule has 100 valence electrons. The van der Waals surface area contributed by atoms with Crippen LogP contribution in [0, 0.1) is 0 Å². The Labute approximate surface area is 103 Å². The fourth-order valence-electron chi connectivity index (χ4n) is 2.00. The Morgan fingerprint density at radius 3 is 2.76 bits per heavy atom. The molecule has 0 spiro atoms. The summed E-state index contributed by atoms with van der Waals surface area (Å²) >= 11 is 0. The van der Waals surface area contributed by atoms with Gasteiger partial charge in [0.05, 0.1) is 19.8 Å². The Hall–Kier alpha value is -0.650. The summed E-state index contributed by atoms with van der Waals surface area (Å²) in [5, 5.41) is 14.6. The minimum atomic E-state index is 0.0532. The lowest BCUT2D eigenvalue weighted by molar-refractivity contribution is -0.120. The van der Waals surface area contributed by atoms with Crippen molar-refractivity contribution < 1.29 is 14.6 Å². The zero-order chi connectivity index (χ0) is 12.3. The van der Waals surface area contributed by atoms with Crippen LogP contribution in [-0.4, -0.2) is 50.0 Å². The third-order valence-electron chi connectivity index (χ3n) is 2.93. The summed E-state index contributed by atoms with van der Waals surface area (Å²) in [6.45, 7) is 2.06. The van der Waals surface area contributed by atoms with Gasteiger partial charge in [0, 0.05) is 19.2 Å². The summed E-state index contributed by atoms with van der Waals surface area (Å²) < 4.78 is 5.09. The highest BCUT2D eigenvalue weighted by Crippen LogP contribution is 2.17. The molecule has 17 heavy (non-hydrogen) atoms. The predicted octanol–water partition coefficient (Wildman–Crippen LogP) is 0.0338. The molecule has 0 aliphatic heterocycles. The van der Waals surface area contributed by atoms with E-state index in [-0.39, 0.29) is 12.5 Å². The summed E-state index contributed by atoms with van der Waals surface area (Å²) in [6, 6.07) is 0.536. The molecule has 1 amide bonds. The SMILES string of the molecule is O=C(CNC1CCCC1)NCCCOCCO. The highest BCUT2D eigenvalue weighted by Gasteiger charge is 2.14. The molecule has 0 aromatic heterocycles. The number of hydrogen-bond acceptors (Lipinski definition) is 4. The molecule has 0 heterocycles. The first-order valence-corrected chi connectivity index (χ1v) is 6.51. The number of ether oxygens (including phenoxy) is 1. The van der Waals surface area contributed by atoms with Gasteiger partial charge in [0.1, 0.15) is 0 Å². The summed E-state index contributed by atoms with van der Waals surface area (Å²) in [6.07, 6.45) is 5.74. The van der Waals surface area contributed by atoms with Gasteiger partial charge in [-0.3, -0.25) is 4.79 Å². The highest BCUT2D eigenvalue weighted by atomic mass is 16.5. The van der Waals surface area contributed by atoms with Crippen molar-refractivity contribution in [2.75, 3.05) is 32.9 Å². The maximum atomic E-state index is 11.4. The van der Waals surface area contributed by atoms with Crippen LogP contribution < -0.4 is 10.6 Å². The summed E-state index contributed by atoms with van der Waals surface area (Å²) in [7, 11) is 0. The molecule has 0 bridgehead atoms. The van der Waals surface area contributed by atoms with Crippen LogP contribution in [0.25, 0.3) is 0 Å². The molecule has 3 N–H and O–H groups in total. The van der Waals surface area contributed by atoms with Gasteiger partial charge in [-0.1, -0.05) is 12.8 Å². The first-order valence-electron chi connectivity index (χ1n) is 6.51. The topological polar surface area (TPSA) is 70.6 Å². The van der Waals surface area contributed by atoms with E-state index in [2.05, 4.69) is 10.6 Å². The lowest BCUT2D eigenvalue weighted by Gasteiger charge is -2.11. The van der Waals surface area contributed by atoms with E-state index in [1.54, 1.807) is 0 Å². The van der Waals surface area contributed by atoms with Gasteiger partial charge in [-0.2, -0.15) is 0 Å². The van der Waals surface area contributed by atoms with Crippen LogP contribution in [0.15, 0.2) is 0 Å². The van der Waals surface area contributed by atoms with Gasteiger partial charge in [-0.05, 0) is 19.3 Å². The molecule has 5 heteroatoms. The molecule has 1 rings (SSSR count). The minimum Gasteiger partial charge on any atom is -0.394 e. The Balaban J connectivity index is 1.87. The van der Waals surface area contributed by atoms with Crippen molar-refractivity contribution in [1.82, 2.24) is 10.6 Å². The minimum absolute atomic E-state index is 0.0532. The van der Waals surface area contributed by atoms with E-state index >= 15 is 0 Å². The van der Waals surface area contributed by atoms with E-state index in [0.717, 1.165) is 6.42 Å². The van der Waals surface area contributed by atoms with Crippen molar-refractivity contribution in [3.05, 3.63) is 0 Å². The smallest absolute Gasteiger partial charge is 0.233 e. The predicted molar refractivity (Wildman–Crippen MR) is 65.8 cm³/mol. The van der Waals surface area contributed by atoms with Crippen molar-refractivity contribution in [2.45, 2.75) is 38.1 Å². The Bertz CT molecular complexity index is 206. The van der Waals surface area contributed by atoms with E-state index in [0.29, 0.717) is 32.3 Å². The largest absolute Gasteiger partial charge is 0.394 e. The maximum Gasteiger partial charge on any atom is 0.233 e. The number of amides is 1. The number of carbonyl (C=O) groups is 1. The molecular formula is C12H24N2O3. The molecule has 1 aliphatic carbocycles. The van der Waals surface area contributed by atoms with Crippen molar-refractivity contribution in [2.24, 2.45) is 0 Å². The molecule has 0 aromatic carbocycles. The van der Waals surface area contributed by atoms with Crippen LogP contribution in [0.1, 0.15) is 32.1 Å². The van der Waals surface area contributed by atoms with E-state index in [1.165, 1.54) is 25.7 Å². The van der Waals surface area contributed by atoms with Crippen molar-refractivity contribution >= 4 is 5.91 Å². The van der Waals surface area contributed by atoms with Gasteiger partial charge >= 0.3 is 0 Å². The Kier molecular flexibility index (Phi) is 7.96. The van der Waals surface area contributed by atoms with E-state index in [1.807, 2.05) is 0 Å². The van der Waals surface area contributed by atoms with E-state index < -0.39 is 0 Å². The first-order chi connectivity index (χ1) is 8.33. The van der Waals surface area contributed by atoms with Crippen molar-refractivity contribution in [3.8, 4) is 0 Å². The monoisotopic (exact) mass is 244 g/mol. The molecule has 0 radical (unpaired) electrons. The molecule has 0 saturated heterocycles. The molecule has 5 nitrogen and oxygen atoms in total. The molecule has 1 aliphatic rings. The molecule has 0 aromatic rings. The van der Waals surface area contributed by atoms with Crippen LogP contribution in [-0.2, 0) is 9.53 Å². The second-order valence-corrected chi connectivity index (χ2v) is 4.40. The second-order valence-electron chi connectivity index (χ2n) is 4.40. The zero-order valence-corrected chi connectivity index (χ0v) is 10.4. The fourth-order valence-corrected chi connectivity index (χ4v) is 2.00. The van der Waals surface area contributed by atoms with Crippen LogP contribution >= 0.6 is 0 Å². The third kappa shape index (κ3) is 7.31. The molecule has 0 unspecified atom stereocenters. The lowest BCUT2D eigenvalue weighted by atomic mass is 10.2. The van der Waals surface area contributed by atoms with Gasteiger partial charge in [0.2, 0.25) is 5.91 Å². The van der Waals surface area contributed by atoms with Gasteiger partial charge in [0.15, 0.2) is 0 Å². The van der Waals surface area contributed by atoms with Crippen LogP contribution in [0.3, 0.4) is 0 Å². The number of nitrogens with one attached hydrogen (secondary N) is 2. The standard InChI is InChI=1S/C12H24N2O3/c15-7-9-17-8-3-6-13-12(16)10-14-11-4-1-2-5-11/h11,14-15H,1-10H2,(H,13,16). The van der Waals surface area contributed by atoms with Gasteiger partial charge in [-0.25, -0.2) is 0 Å². The fraction of sp³-hybridized carbons (Fsp3) is 0.917. The number of aliphatic hydroxyl groups excluding tert-OH is 1. The quantitative estimate of drug-likeness (QED) is 0.501. The zero-order valence-electron chi connectivity index (χ0n) is 10.4.